The summed E-state index contributed by atoms with van der Waals surface area (Å²) in [5.74, 6) is -2.54. The van der Waals surface area contributed by atoms with E-state index in [0.29, 0.717) is 11.1 Å². The second-order valence-electron chi connectivity index (χ2n) is 7.95. The monoisotopic (exact) mass is 489 g/mol. The highest BCUT2D eigenvalue weighted by atomic mass is 19.4. The molecular weight excluding hydrogens is 467 g/mol. The number of amides is 3. The fourth-order valence-corrected chi connectivity index (χ4v) is 3.66. The number of hydrogen-bond acceptors (Lipinski definition) is 4. The van der Waals surface area contributed by atoms with Crippen molar-refractivity contribution in [2.24, 2.45) is 0 Å². The first-order valence-corrected chi connectivity index (χ1v) is 10.5. The van der Waals surface area contributed by atoms with Crippen molar-refractivity contribution in [3.05, 3.63) is 83.1 Å². The lowest BCUT2D eigenvalue weighted by atomic mass is 9.95. The number of likely N-dealkylation sites (N-methyl/N-ethyl adjacent to an activating group) is 1. The van der Waals surface area contributed by atoms with Gasteiger partial charge in [-0.15, -0.1) is 0 Å². The molecule has 0 spiro atoms. The van der Waals surface area contributed by atoms with Gasteiger partial charge >= 0.3 is 18.2 Å². The molecule has 0 aromatic heterocycles. The molecule has 3 rings (SSSR count). The van der Waals surface area contributed by atoms with E-state index in [4.69, 9.17) is 0 Å². The SMILES string of the molecule is CN1C=CC(=O)C(NC(=O)NC(CC(=O)O)c2cccc(Cc3ccccc3C(F)(F)F)c2)C1=O. The maximum Gasteiger partial charge on any atom is 0.416 e. The number of aliphatic carboxylic acids is 1. The Morgan fingerprint density at radius 3 is 2.51 bits per heavy atom. The molecule has 2 aromatic carbocycles. The topological polar surface area (TPSA) is 116 Å². The molecule has 0 bridgehead atoms. The number of benzene rings is 2. The molecule has 0 radical (unpaired) electrons. The molecule has 2 atom stereocenters. The zero-order valence-electron chi connectivity index (χ0n) is 18.5. The lowest BCUT2D eigenvalue weighted by Crippen LogP contribution is -2.55. The minimum absolute atomic E-state index is 0.0455. The van der Waals surface area contributed by atoms with Crippen molar-refractivity contribution in [1.82, 2.24) is 15.5 Å². The molecule has 2 unspecified atom stereocenters. The van der Waals surface area contributed by atoms with Crippen LogP contribution < -0.4 is 10.6 Å². The van der Waals surface area contributed by atoms with Gasteiger partial charge in [0.25, 0.3) is 5.91 Å². The lowest BCUT2D eigenvalue weighted by molar-refractivity contribution is -0.138. The van der Waals surface area contributed by atoms with Crippen molar-refractivity contribution in [2.75, 3.05) is 7.05 Å². The van der Waals surface area contributed by atoms with Gasteiger partial charge in [0.05, 0.1) is 18.0 Å². The summed E-state index contributed by atoms with van der Waals surface area (Å²) in [6, 6.07) is 7.83. The number of carboxylic acids is 1. The van der Waals surface area contributed by atoms with Gasteiger partial charge in [-0.1, -0.05) is 42.5 Å². The molecule has 1 aliphatic heterocycles. The number of carboxylic acid groups (broad SMARTS) is 1. The molecule has 184 valence electrons. The molecule has 0 fully saturated rings. The largest absolute Gasteiger partial charge is 0.481 e. The Hall–Kier alpha value is -4.15. The van der Waals surface area contributed by atoms with E-state index in [1.165, 1.54) is 43.6 Å². The molecule has 0 saturated heterocycles. The van der Waals surface area contributed by atoms with Crippen molar-refractivity contribution >= 4 is 23.7 Å². The van der Waals surface area contributed by atoms with Crippen LogP contribution in [-0.2, 0) is 27.0 Å². The van der Waals surface area contributed by atoms with Gasteiger partial charge in [-0.05, 0) is 29.2 Å². The van der Waals surface area contributed by atoms with Crippen LogP contribution in [0.25, 0.3) is 0 Å². The maximum absolute atomic E-state index is 13.3. The third-order valence-electron chi connectivity index (χ3n) is 5.37. The van der Waals surface area contributed by atoms with E-state index in [1.54, 1.807) is 12.1 Å². The molecule has 8 nitrogen and oxygen atoms in total. The lowest BCUT2D eigenvalue weighted by Gasteiger charge is -2.25. The third kappa shape index (κ3) is 6.46. The molecule has 35 heavy (non-hydrogen) atoms. The van der Waals surface area contributed by atoms with Crippen LogP contribution in [0.4, 0.5) is 18.0 Å². The molecular formula is C24H22F3N3O5. The number of nitrogens with zero attached hydrogens (tertiary/aromatic N) is 1. The van der Waals surface area contributed by atoms with Crippen LogP contribution in [0.5, 0.6) is 0 Å². The number of nitrogens with one attached hydrogen (secondary N) is 2. The minimum atomic E-state index is -4.53. The number of rotatable bonds is 7. The summed E-state index contributed by atoms with van der Waals surface area (Å²) in [7, 11) is 1.41. The standard InChI is InChI=1S/C24H22F3N3O5/c1-30-10-9-19(31)21(22(30)34)29-23(35)28-18(13-20(32)33)16-7-4-5-14(12-16)11-15-6-2-3-8-17(15)24(25,26)27/h2-10,12,18,21H,11,13H2,1H3,(H,32,33)(H2,28,29,35). The molecule has 0 aliphatic carbocycles. The van der Waals surface area contributed by atoms with E-state index in [1.807, 2.05) is 0 Å². The maximum atomic E-state index is 13.3. The van der Waals surface area contributed by atoms with Crippen molar-refractivity contribution < 1.29 is 37.5 Å². The summed E-state index contributed by atoms with van der Waals surface area (Å²) < 4.78 is 40.0. The zero-order valence-corrected chi connectivity index (χ0v) is 18.5. The van der Waals surface area contributed by atoms with E-state index < -0.39 is 53.9 Å². The highest BCUT2D eigenvalue weighted by Crippen LogP contribution is 2.33. The summed E-state index contributed by atoms with van der Waals surface area (Å²) in [6.07, 6.45) is -2.75. The average Bonchev–Trinajstić information content (AvgIpc) is 2.78. The van der Waals surface area contributed by atoms with Crippen molar-refractivity contribution in [3.8, 4) is 0 Å². The zero-order chi connectivity index (χ0) is 25.8. The Morgan fingerprint density at radius 1 is 1.11 bits per heavy atom. The van der Waals surface area contributed by atoms with Crippen LogP contribution in [0.3, 0.4) is 0 Å². The molecule has 1 aliphatic rings. The van der Waals surface area contributed by atoms with E-state index in [0.717, 1.165) is 17.0 Å². The predicted molar refractivity (Wildman–Crippen MR) is 118 cm³/mol. The molecule has 3 N–H and O–H groups in total. The Morgan fingerprint density at radius 2 is 1.83 bits per heavy atom. The van der Waals surface area contributed by atoms with Crippen molar-refractivity contribution in [2.45, 2.75) is 31.1 Å². The average molecular weight is 489 g/mol. The Labute approximate surface area is 198 Å². The number of halogens is 3. The first kappa shape index (κ1) is 25.5. The van der Waals surface area contributed by atoms with E-state index in [2.05, 4.69) is 10.6 Å². The highest BCUT2D eigenvalue weighted by Gasteiger charge is 2.34. The summed E-state index contributed by atoms with van der Waals surface area (Å²) in [6.45, 7) is 0. The van der Waals surface area contributed by atoms with E-state index >= 15 is 0 Å². The fourth-order valence-electron chi connectivity index (χ4n) is 3.66. The first-order valence-electron chi connectivity index (χ1n) is 10.5. The van der Waals surface area contributed by atoms with Gasteiger partial charge in [-0.2, -0.15) is 13.2 Å². The van der Waals surface area contributed by atoms with Crippen LogP contribution in [0.1, 0.15) is 34.7 Å². The summed E-state index contributed by atoms with van der Waals surface area (Å²) >= 11 is 0. The van der Waals surface area contributed by atoms with Gasteiger partial charge in [0.15, 0.2) is 11.8 Å². The van der Waals surface area contributed by atoms with Crippen LogP contribution in [0.15, 0.2) is 60.8 Å². The second kappa shape index (κ2) is 10.4. The first-order chi connectivity index (χ1) is 16.5. The minimum Gasteiger partial charge on any atom is -0.481 e. The number of ketones is 1. The normalized spacial score (nSPS) is 16.7. The Kier molecular flexibility index (Phi) is 7.58. The fraction of sp³-hybridized carbons (Fsp3) is 0.250. The van der Waals surface area contributed by atoms with Gasteiger partial charge in [0, 0.05) is 19.3 Å². The second-order valence-corrected chi connectivity index (χ2v) is 7.95. The van der Waals surface area contributed by atoms with Crippen LogP contribution in [0, 0.1) is 0 Å². The van der Waals surface area contributed by atoms with Gasteiger partial charge < -0.3 is 20.6 Å². The van der Waals surface area contributed by atoms with Gasteiger partial charge in [-0.25, -0.2) is 4.79 Å². The molecule has 2 aromatic rings. The van der Waals surface area contributed by atoms with Crippen molar-refractivity contribution in [1.29, 1.82) is 0 Å². The number of carbonyl (C=O) groups excluding carboxylic acids is 3. The molecule has 3 amide bonds. The summed E-state index contributed by atoms with van der Waals surface area (Å²) in [5, 5.41) is 14.0. The number of urea groups is 1. The Balaban J connectivity index is 1.80. The summed E-state index contributed by atoms with van der Waals surface area (Å²) in [4.78, 5) is 49.2. The molecule has 0 saturated carbocycles. The van der Waals surface area contributed by atoms with Crippen molar-refractivity contribution in [3.63, 3.8) is 0 Å². The smallest absolute Gasteiger partial charge is 0.416 e. The third-order valence-corrected chi connectivity index (χ3v) is 5.37. The van der Waals surface area contributed by atoms with Gasteiger partial charge in [0.1, 0.15) is 0 Å². The number of alkyl halides is 3. The number of hydrogen-bond donors (Lipinski definition) is 3. The number of carbonyl (C=O) groups is 4. The highest BCUT2D eigenvalue weighted by molar-refractivity contribution is 6.14. The van der Waals surface area contributed by atoms with Crippen LogP contribution in [0.2, 0.25) is 0 Å². The van der Waals surface area contributed by atoms with E-state index in [-0.39, 0.29) is 12.0 Å². The van der Waals surface area contributed by atoms with Gasteiger partial charge in [0.2, 0.25) is 0 Å². The van der Waals surface area contributed by atoms with E-state index in [9.17, 15) is 37.5 Å². The quantitative estimate of drug-likeness (QED) is 0.517. The Bertz CT molecular complexity index is 1180. The van der Waals surface area contributed by atoms with Crippen LogP contribution >= 0.6 is 0 Å². The predicted octanol–water partition coefficient (Wildman–Crippen LogP) is 3.03. The van der Waals surface area contributed by atoms with Crippen LogP contribution in [-0.4, -0.2) is 46.8 Å². The summed E-state index contributed by atoms with van der Waals surface area (Å²) in [5.41, 5.74) is 0.0824. The molecule has 11 heteroatoms. The molecule has 1 heterocycles. The van der Waals surface area contributed by atoms with Gasteiger partial charge in [-0.3, -0.25) is 14.4 Å².